The summed E-state index contributed by atoms with van der Waals surface area (Å²) in [5.41, 5.74) is 0.968. The predicted octanol–water partition coefficient (Wildman–Crippen LogP) is 5.88. The Labute approximate surface area is 216 Å². The van der Waals surface area contributed by atoms with E-state index in [2.05, 4.69) is 10.6 Å². The van der Waals surface area contributed by atoms with Gasteiger partial charge in [0, 0.05) is 29.1 Å². The minimum Gasteiger partial charge on any atom is -0.444 e. The molecule has 1 atom stereocenters. The number of nitrogens with one attached hydrogen (secondary N) is 2. The molecule has 2 aromatic carbocycles. The van der Waals surface area contributed by atoms with Crippen molar-refractivity contribution in [3.8, 4) is 0 Å². The van der Waals surface area contributed by atoms with Crippen molar-refractivity contribution in [3.63, 3.8) is 0 Å². The summed E-state index contributed by atoms with van der Waals surface area (Å²) in [6, 6.07) is 15.3. The lowest BCUT2D eigenvalue weighted by Gasteiger charge is -2.20. The normalized spacial score (nSPS) is 12.0. The lowest BCUT2D eigenvalue weighted by atomic mass is 10.2. The zero-order chi connectivity index (χ0) is 26.6. The fourth-order valence-electron chi connectivity index (χ4n) is 2.74. The van der Waals surface area contributed by atoms with Gasteiger partial charge in [-0.15, -0.1) is 11.8 Å². The molecule has 2 amide bonds. The van der Waals surface area contributed by atoms with Crippen LogP contribution in [0.25, 0.3) is 0 Å². The van der Waals surface area contributed by atoms with Gasteiger partial charge in [0.15, 0.2) is 0 Å². The molecule has 7 nitrogen and oxygen atoms in total. The molecular formula is C26H38N2O5S2. The molecule has 0 aromatic heterocycles. The fourth-order valence-corrected chi connectivity index (χ4v) is 4.14. The molecule has 2 aromatic rings. The first-order chi connectivity index (χ1) is 16.2. The van der Waals surface area contributed by atoms with Gasteiger partial charge in [0.1, 0.15) is 11.2 Å². The predicted molar refractivity (Wildman–Crippen MR) is 143 cm³/mol. The number of benzene rings is 2. The Bertz CT molecular complexity index is 998. The summed E-state index contributed by atoms with van der Waals surface area (Å²) in [5, 5.41) is 5.41. The third-order valence-electron chi connectivity index (χ3n) is 4.12. The van der Waals surface area contributed by atoms with E-state index in [9.17, 15) is 13.8 Å². The van der Waals surface area contributed by atoms with Crippen LogP contribution < -0.4 is 10.6 Å². The van der Waals surface area contributed by atoms with Crippen LogP contribution in [-0.2, 0) is 33.4 Å². The average molecular weight is 523 g/mol. The van der Waals surface area contributed by atoms with Crippen molar-refractivity contribution in [2.45, 2.75) is 75.6 Å². The van der Waals surface area contributed by atoms with Crippen LogP contribution in [0.15, 0.2) is 58.3 Å². The molecule has 0 aliphatic carbocycles. The molecule has 9 heteroatoms. The highest BCUT2D eigenvalue weighted by Gasteiger charge is 2.17. The highest BCUT2D eigenvalue weighted by molar-refractivity contribution is 7.98. The number of ether oxygens (including phenoxy) is 2. The topological polar surface area (TPSA) is 93.7 Å². The molecule has 0 saturated carbocycles. The van der Waals surface area contributed by atoms with Crippen LogP contribution in [0.4, 0.5) is 9.59 Å². The molecule has 0 bridgehead atoms. The van der Waals surface area contributed by atoms with E-state index in [-0.39, 0.29) is 6.09 Å². The van der Waals surface area contributed by atoms with E-state index in [0.29, 0.717) is 13.1 Å². The first-order valence-electron chi connectivity index (χ1n) is 11.2. The number of alkyl carbamates (subject to hydrolysis) is 2. The van der Waals surface area contributed by atoms with Crippen molar-refractivity contribution in [3.05, 3.63) is 59.7 Å². The van der Waals surface area contributed by atoms with Crippen LogP contribution in [0.3, 0.4) is 0 Å². The van der Waals surface area contributed by atoms with Crippen LogP contribution in [-0.4, -0.2) is 40.1 Å². The molecule has 1 unspecified atom stereocenters. The molecule has 0 aliphatic rings. The van der Waals surface area contributed by atoms with E-state index in [0.717, 1.165) is 16.0 Å². The second-order valence-corrected chi connectivity index (χ2v) is 11.8. The minimum atomic E-state index is -1.07. The third kappa shape index (κ3) is 13.2. The highest BCUT2D eigenvalue weighted by Crippen LogP contribution is 2.19. The smallest absolute Gasteiger partial charge is 0.407 e. The highest BCUT2D eigenvalue weighted by atomic mass is 32.2. The largest absolute Gasteiger partial charge is 0.444 e. The summed E-state index contributed by atoms with van der Waals surface area (Å²) in [7, 11) is -1.07. The zero-order valence-corrected chi connectivity index (χ0v) is 23.5. The van der Waals surface area contributed by atoms with Crippen molar-refractivity contribution in [1.29, 1.82) is 0 Å². The maximum Gasteiger partial charge on any atom is 0.407 e. The Morgan fingerprint density at radius 1 is 0.800 bits per heavy atom. The Morgan fingerprint density at radius 2 is 1.23 bits per heavy atom. The average Bonchev–Trinajstić information content (AvgIpc) is 2.74. The molecule has 194 valence electrons. The summed E-state index contributed by atoms with van der Waals surface area (Å²) in [5.74, 6) is 0. The lowest BCUT2D eigenvalue weighted by Crippen LogP contribution is -2.32. The molecule has 0 radical (unpaired) electrons. The maximum absolute atomic E-state index is 11.5. The van der Waals surface area contributed by atoms with Gasteiger partial charge < -0.3 is 20.1 Å². The van der Waals surface area contributed by atoms with Crippen molar-refractivity contribution in [2.24, 2.45) is 0 Å². The van der Waals surface area contributed by atoms with Crippen LogP contribution in [0.2, 0.25) is 0 Å². The summed E-state index contributed by atoms with van der Waals surface area (Å²) >= 11 is 1.67. The van der Waals surface area contributed by atoms with Gasteiger partial charge in [0.05, 0.1) is 10.8 Å². The fraction of sp³-hybridized carbons (Fsp3) is 0.462. The van der Waals surface area contributed by atoms with Gasteiger partial charge in [-0.3, -0.25) is 4.21 Å². The molecule has 2 rings (SSSR count). The van der Waals surface area contributed by atoms with Gasteiger partial charge in [-0.25, -0.2) is 9.59 Å². The number of hydrogen-bond donors (Lipinski definition) is 2. The minimum absolute atomic E-state index is 0.310. The van der Waals surface area contributed by atoms with Gasteiger partial charge in [-0.05, 0) is 71.1 Å². The van der Waals surface area contributed by atoms with E-state index in [1.807, 2.05) is 90.3 Å². The molecule has 35 heavy (non-hydrogen) atoms. The zero-order valence-electron chi connectivity index (χ0n) is 21.9. The van der Waals surface area contributed by atoms with Crippen molar-refractivity contribution < 1.29 is 23.3 Å². The van der Waals surface area contributed by atoms with Crippen LogP contribution in [0.5, 0.6) is 0 Å². The van der Waals surface area contributed by atoms with Gasteiger partial charge in [0.2, 0.25) is 0 Å². The second kappa shape index (κ2) is 14.1. The second-order valence-electron chi connectivity index (χ2n) is 9.58. The standard InChI is InChI=1S/C13H19NO3S.C13H19NO2S/c1-13(2,3)17-12(15)14-9-10-7-5-6-8-11(10)18(4)16;1-13(2,3)16-12(15)14-9-10-7-5-6-8-11(10)17-4/h5-8H,9H2,1-4H3,(H,14,15);5-8H,9H2,1-4H3,(H,14,15). The van der Waals surface area contributed by atoms with E-state index in [1.54, 1.807) is 24.1 Å². The molecule has 0 spiro atoms. The van der Waals surface area contributed by atoms with Crippen molar-refractivity contribution >= 4 is 34.7 Å². The monoisotopic (exact) mass is 522 g/mol. The Kier molecular flexibility index (Phi) is 12.3. The van der Waals surface area contributed by atoms with Gasteiger partial charge in [-0.1, -0.05) is 36.4 Å². The first-order valence-corrected chi connectivity index (χ1v) is 14.0. The summed E-state index contributed by atoms with van der Waals surface area (Å²) in [4.78, 5) is 24.9. The first kappa shape index (κ1) is 30.5. The van der Waals surface area contributed by atoms with Crippen molar-refractivity contribution in [2.75, 3.05) is 12.5 Å². The number of carbonyl (C=O) groups excluding carboxylic acids is 2. The van der Waals surface area contributed by atoms with E-state index in [1.165, 1.54) is 4.90 Å². The number of hydrogen-bond acceptors (Lipinski definition) is 6. The van der Waals surface area contributed by atoms with Gasteiger partial charge >= 0.3 is 12.2 Å². The van der Waals surface area contributed by atoms with E-state index < -0.39 is 28.1 Å². The molecule has 0 heterocycles. The molecular weight excluding hydrogens is 484 g/mol. The Balaban J connectivity index is 0.000000351. The van der Waals surface area contributed by atoms with Gasteiger partial charge in [-0.2, -0.15) is 0 Å². The van der Waals surface area contributed by atoms with Gasteiger partial charge in [0.25, 0.3) is 0 Å². The molecule has 0 aliphatic heterocycles. The SMILES string of the molecule is CS(=O)c1ccccc1CNC(=O)OC(C)(C)C.CSc1ccccc1CNC(=O)OC(C)(C)C. The number of rotatable bonds is 6. The quantitative estimate of drug-likeness (QED) is 0.460. The van der Waals surface area contributed by atoms with E-state index in [4.69, 9.17) is 9.47 Å². The van der Waals surface area contributed by atoms with Crippen LogP contribution in [0.1, 0.15) is 52.7 Å². The van der Waals surface area contributed by atoms with E-state index >= 15 is 0 Å². The number of thioether (sulfide) groups is 1. The Hall–Kier alpha value is -2.52. The number of amides is 2. The van der Waals surface area contributed by atoms with Crippen molar-refractivity contribution in [1.82, 2.24) is 10.6 Å². The summed E-state index contributed by atoms with van der Waals surface area (Å²) in [6.07, 6.45) is 2.78. The lowest BCUT2D eigenvalue weighted by molar-refractivity contribution is 0.0512. The molecule has 2 N–H and O–H groups in total. The molecule has 0 saturated heterocycles. The Morgan fingerprint density at radius 3 is 1.69 bits per heavy atom. The van der Waals surface area contributed by atoms with Crippen LogP contribution in [0, 0.1) is 0 Å². The maximum atomic E-state index is 11.5. The molecule has 0 fully saturated rings. The third-order valence-corrected chi connectivity index (χ3v) is 5.97. The van der Waals surface area contributed by atoms with Crippen LogP contribution >= 0.6 is 11.8 Å². The summed E-state index contributed by atoms with van der Waals surface area (Å²) < 4.78 is 21.8. The number of carbonyl (C=O) groups is 2. The summed E-state index contributed by atoms with van der Waals surface area (Å²) in [6.45, 7) is 11.8.